The van der Waals surface area contributed by atoms with Gasteiger partial charge in [-0.05, 0) is 55.5 Å². The SMILES string of the molecule is CC(=O)Nc1cc(Nc2ccc(Br)cc2N)cc(-c2ccc(C)o2)c1. The van der Waals surface area contributed by atoms with E-state index in [2.05, 4.69) is 26.6 Å². The first-order chi connectivity index (χ1) is 11.9. The van der Waals surface area contributed by atoms with Crippen molar-refractivity contribution < 1.29 is 9.21 Å². The van der Waals surface area contributed by atoms with Crippen molar-refractivity contribution in [2.45, 2.75) is 13.8 Å². The second kappa shape index (κ2) is 7.03. The van der Waals surface area contributed by atoms with Crippen LogP contribution >= 0.6 is 15.9 Å². The summed E-state index contributed by atoms with van der Waals surface area (Å²) in [7, 11) is 0. The summed E-state index contributed by atoms with van der Waals surface area (Å²) in [6, 6.07) is 15.1. The number of nitrogen functional groups attached to an aromatic ring is 1. The largest absolute Gasteiger partial charge is 0.461 e. The molecule has 0 bridgehead atoms. The number of nitrogens with one attached hydrogen (secondary N) is 2. The maximum absolute atomic E-state index is 11.4. The Morgan fingerprint density at radius 3 is 2.48 bits per heavy atom. The highest BCUT2D eigenvalue weighted by Gasteiger charge is 2.09. The molecule has 1 amide bonds. The number of rotatable bonds is 4. The van der Waals surface area contributed by atoms with Gasteiger partial charge in [0.2, 0.25) is 5.91 Å². The smallest absolute Gasteiger partial charge is 0.221 e. The monoisotopic (exact) mass is 399 g/mol. The van der Waals surface area contributed by atoms with Crippen LogP contribution in [0.15, 0.2) is 57.4 Å². The second-order valence-corrected chi connectivity index (χ2v) is 6.66. The van der Waals surface area contributed by atoms with E-state index in [1.54, 1.807) is 0 Å². The molecule has 0 aliphatic carbocycles. The number of anilines is 4. The summed E-state index contributed by atoms with van der Waals surface area (Å²) in [6.07, 6.45) is 0. The fraction of sp³-hybridized carbons (Fsp3) is 0.105. The van der Waals surface area contributed by atoms with E-state index in [1.807, 2.05) is 55.5 Å². The molecule has 25 heavy (non-hydrogen) atoms. The summed E-state index contributed by atoms with van der Waals surface area (Å²) in [5.41, 5.74) is 9.79. The number of benzene rings is 2. The molecule has 0 saturated carbocycles. The molecular weight excluding hydrogens is 382 g/mol. The van der Waals surface area contributed by atoms with Crippen molar-refractivity contribution in [2.75, 3.05) is 16.4 Å². The van der Waals surface area contributed by atoms with E-state index in [0.717, 1.165) is 32.9 Å². The Morgan fingerprint density at radius 2 is 1.84 bits per heavy atom. The summed E-state index contributed by atoms with van der Waals surface area (Å²) in [5.74, 6) is 1.42. The lowest BCUT2D eigenvalue weighted by molar-refractivity contribution is -0.114. The molecule has 0 saturated heterocycles. The van der Waals surface area contributed by atoms with Crippen LogP contribution < -0.4 is 16.4 Å². The Bertz CT molecular complexity index is 934. The molecule has 0 aliphatic rings. The van der Waals surface area contributed by atoms with Crippen molar-refractivity contribution in [1.82, 2.24) is 0 Å². The lowest BCUT2D eigenvalue weighted by Crippen LogP contribution is -2.06. The number of carbonyl (C=O) groups is 1. The molecule has 0 atom stereocenters. The first-order valence-corrected chi connectivity index (χ1v) is 8.51. The molecule has 3 aromatic rings. The first-order valence-electron chi connectivity index (χ1n) is 7.72. The van der Waals surface area contributed by atoms with Gasteiger partial charge in [-0.3, -0.25) is 4.79 Å². The highest BCUT2D eigenvalue weighted by atomic mass is 79.9. The number of aryl methyl sites for hydroxylation is 1. The molecule has 5 nitrogen and oxygen atoms in total. The number of amides is 1. The van der Waals surface area contributed by atoms with Gasteiger partial charge in [-0.1, -0.05) is 15.9 Å². The van der Waals surface area contributed by atoms with Crippen molar-refractivity contribution >= 4 is 44.6 Å². The fourth-order valence-electron chi connectivity index (χ4n) is 2.51. The Kier molecular flexibility index (Phi) is 4.81. The minimum Gasteiger partial charge on any atom is -0.461 e. The number of nitrogens with two attached hydrogens (primary N) is 1. The van der Waals surface area contributed by atoms with Gasteiger partial charge in [-0.2, -0.15) is 0 Å². The van der Waals surface area contributed by atoms with Crippen molar-refractivity contribution in [1.29, 1.82) is 0 Å². The van der Waals surface area contributed by atoms with Crippen LogP contribution in [0.4, 0.5) is 22.7 Å². The van der Waals surface area contributed by atoms with E-state index in [1.165, 1.54) is 6.92 Å². The zero-order valence-corrected chi connectivity index (χ0v) is 15.5. The predicted molar refractivity (Wildman–Crippen MR) is 105 cm³/mol. The van der Waals surface area contributed by atoms with Crippen LogP contribution in [0.3, 0.4) is 0 Å². The number of carbonyl (C=O) groups excluding carboxylic acids is 1. The molecule has 6 heteroatoms. The Labute approximate surface area is 154 Å². The normalized spacial score (nSPS) is 10.5. The molecule has 0 fully saturated rings. The van der Waals surface area contributed by atoms with Crippen LogP contribution in [-0.4, -0.2) is 5.91 Å². The van der Waals surface area contributed by atoms with Gasteiger partial charge in [0.25, 0.3) is 0 Å². The van der Waals surface area contributed by atoms with Crippen LogP contribution in [0.1, 0.15) is 12.7 Å². The van der Waals surface area contributed by atoms with Crippen molar-refractivity contribution in [3.8, 4) is 11.3 Å². The van der Waals surface area contributed by atoms with Gasteiger partial charge in [-0.15, -0.1) is 0 Å². The van der Waals surface area contributed by atoms with E-state index < -0.39 is 0 Å². The number of hydrogen-bond acceptors (Lipinski definition) is 4. The van der Waals surface area contributed by atoms with Crippen LogP contribution in [0.2, 0.25) is 0 Å². The van der Waals surface area contributed by atoms with E-state index >= 15 is 0 Å². The third-order valence-corrected chi connectivity index (χ3v) is 4.06. The van der Waals surface area contributed by atoms with Gasteiger partial charge < -0.3 is 20.8 Å². The maximum Gasteiger partial charge on any atom is 0.221 e. The molecule has 0 unspecified atom stereocenters. The molecule has 128 valence electrons. The summed E-state index contributed by atoms with van der Waals surface area (Å²) in [4.78, 5) is 11.4. The Hall–Kier alpha value is -2.73. The van der Waals surface area contributed by atoms with Gasteiger partial charge in [0.05, 0.1) is 11.4 Å². The summed E-state index contributed by atoms with van der Waals surface area (Å²) in [6.45, 7) is 3.37. The number of furan rings is 1. The van der Waals surface area contributed by atoms with Crippen molar-refractivity contribution in [3.05, 3.63) is 58.8 Å². The average Bonchev–Trinajstić information content (AvgIpc) is 2.96. The topological polar surface area (TPSA) is 80.3 Å². The lowest BCUT2D eigenvalue weighted by Gasteiger charge is -2.13. The fourth-order valence-corrected chi connectivity index (χ4v) is 2.89. The summed E-state index contributed by atoms with van der Waals surface area (Å²) < 4.78 is 6.61. The Balaban J connectivity index is 2.00. The van der Waals surface area contributed by atoms with E-state index in [0.29, 0.717) is 11.4 Å². The second-order valence-electron chi connectivity index (χ2n) is 5.75. The molecule has 0 radical (unpaired) electrons. The third-order valence-electron chi connectivity index (χ3n) is 3.57. The van der Waals surface area contributed by atoms with E-state index in [9.17, 15) is 4.79 Å². The third kappa shape index (κ3) is 4.22. The van der Waals surface area contributed by atoms with E-state index in [4.69, 9.17) is 10.2 Å². The summed E-state index contributed by atoms with van der Waals surface area (Å²) >= 11 is 3.40. The summed E-state index contributed by atoms with van der Waals surface area (Å²) in [5, 5.41) is 6.10. The highest BCUT2D eigenvalue weighted by molar-refractivity contribution is 9.10. The molecular formula is C19H18BrN3O2. The minimum atomic E-state index is -0.137. The zero-order chi connectivity index (χ0) is 18.0. The molecule has 0 aliphatic heterocycles. The van der Waals surface area contributed by atoms with Gasteiger partial charge >= 0.3 is 0 Å². The highest BCUT2D eigenvalue weighted by Crippen LogP contribution is 2.32. The molecule has 1 heterocycles. The van der Waals surface area contributed by atoms with Crippen molar-refractivity contribution in [2.24, 2.45) is 0 Å². The van der Waals surface area contributed by atoms with Gasteiger partial charge in [-0.25, -0.2) is 0 Å². The number of hydrogen-bond donors (Lipinski definition) is 3. The van der Waals surface area contributed by atoms with E-state index in [-0.39, 0.29) is 5.91 Å². The van der Waals surface area contributed by atoms with Gasteiger partial charge in [0, 0.05) is 28.3 Å². The molecule has 1 aromatic heterocycles. The van der Waals surface area contributed by atoms with Crippen LogP contribution in [0.25, 0.3) is 11.3 Å². The van der Waals surface area contributed by atoms with Gasteiger partial charge in [0.1, 0.15) is 11.5 Å². The quantitative estimate of drug-likeness (QED) is 0.519. The molecule has 0 spiro atoms. The first kappa shape index (κ1) is 17.1. The average molecular weight is 400 g/mol. The molecule has 3 rings (SSSR count). The maximum atomic E-state index is 11.4. The standard InChI is InChI=1S/C19H18BrN3O2/c1-11-3-6-19(25-11)13-7-15(22-12(2)24)10-16(8-13)23-18-5-4-14(20)9-17(18)21/h3-10,23H,21H2,1-2H3,(H,22,24). The van der Waals surface area contributed by atoms with Crippen LogP contribution in [0.5, 0.6) is 0 Å². The predicted octanol–water partition coefficient (Wildman–Crippen LogP) is 5.30. The number of halogens is 1. The van der Waals surface area contributed by atoms with Crippen molar-refractivity contribution in [3.63, 3.8) is 0 Å². The Morgan fingerprint density at radius 1 is 1.08 bits per heavy atom. The van der Waals surface area contributed by atoms with Crippen LogP contribution in [0, 0.1) is 6.92 Å². The minimum absolute atomic E-state index is 0.137. The lowest BCUT2D eigenvalue weighted by atomic mass is 10.1. The molecule has 4 N–H and O–H groups in total. The molecule has 2 aromatic carbocycles. The van der Waals surface area contributed by atoms with Gasteiger partial charge in [0.15, 0.2) is 0 Å². The van der Waals surface area contributed by atoms with Crippen LogP contribution in [-0.2, 0) is 4.79 Å². The zero-order valence-electron chi connectivity index (χ0n) is 13.9.